The first-order chi connectivity index (χ1) is 9.06. The normalized spacial score (nSPS) is 10.2. The zero-order valence-electron chi connectivity index (χ0n) is 10.2. The zero-order chi connectivity index (χ0) is 13.8. The molecule has 0 fully saturated rings. The van der Waals surface area contributed by atoms with Crippen molar-refractivity contribution >= 4 is 23.4 Å². The molecule has 6 heteroatoms. The van der Waals surface area contributed by atoms with Crippen molar-refractivity contribution in [2.24, 2.45) is 0 Å². The Labute approximate surface area is 115 Å². The van der Waals surface area contributed by atoms with Gasteiger partial charge in [0.1, 0.15) is 0 Å². The SMILES string of the molecule is CN(Cc1ccc(C(=O)O)cc1)c1ccc(Cl)nn1. The number of benzene rings is 1. The Morgan fingerprint density at radius 3 is 2.42 bits per heavy atom. The first-order valence-corrected chi connectivity index (χ1v) is 5.96. The van der Waals surface area contributed by atoms with Gasteiger partial charge in [-0.25, -0.2) is 4.79 Å². The van der Waals surface area contributed by atoms with Crippen molar-refractivity contribution in [1.82, 2.24) is 10.2 Å². The molecule has 19 heavy (non-hydrogen) atoms. The highest BCUT2D eigenvalue weighted by Crippen LogP contribution is 2.14. The van der Waals surface area contributed by atoms with Crippen LogP contribution in [0.3, 0.4) is 0 Å². The molecule has 0 atom stereocenters. The van der Waals surface area contributed by atoms with Crippen molar-refractivity contribution in [2.75, 3.05) is 11.9 Å². The maximum Gasteiger partial charge on any atom is 0.335 e. The van der Waals surface area contributed by atoms with E-state index in [1.165, 1.54) is 0 Å². The van der Waals surface area contributed by atoms with Gasteiger partial charge in [-0.05, 0) is 29.8 Å². The van der Waals surface area contributed by atoms with Gasteiger partial charge in [-0.2, -0.15) is 0 Å². The maximum atomic E-state index is 10.7. The number of halogens is 1. The highest BCUT2D eigenvalue weighted by Gasteiger charge is 2.06. The number of hydrogen-bond donors (Lipinski definition) is 1. The smallest absolute Gasteiger partial charge is 0.335 e. The van der Waals surface area contributed by atoms with Gasteiger partial charge in [-0.3, -0.25) is 0 Å². The average molecular weight is 278 g/mol. The van der Waals surface area contributed by atoms with Crippen LogP contribution in [0.2, 0.25) is 5.15 Å². The molecule has 2 aromatic rings. The monoisotopic (exact) mass is 277 g/mol. The van der Waals surface area contributed by atoms with E-state index in [1.807, 2.05) is 11.9 Å². The van der Waals surface area contributed by atoms with E-state index in [0.29, 0.717) is 17.5 Å². The molecule has 0 bridgehead atoms. The Morgan fingerprint density at radius 1 is 1.21 bits per heavy atom. The van der Waals surface area contributed by atoms with Crippen molar-refractivity contribution in [3.63, 3.8) is 0 Å². The van der Waals surface area contributed by atoms with E-state index < -0.39 is 5.97 Å². The molecule has 1 aromatic heterocycles. The van der Waals surface area contributed by atoms with Crippen LogP contribution in [0.25, 0.3) is 0 Å². The highest BCUT2D eigenvalue weighted by atomic mass is 35.5. The second-order valence-corrected chi connectivity index (χ2v) is 4.46. The minimum Gasteiger partial charge on any atom is -0.478 e. The second kappa shape index (κ2) is 5.67. The number of rotatable bonds is 4. The van der Waals surface area contributed by atoms with Crippen LogP contribution in [0.15, 0.2) is 36.4 Å². The van der Waals surface area contributed by atoms with Crippen LogP contribution in [0, 0.1) is 0 Å². The molecule has 1 N–H and O–H groups in total. The fraction of sp³-hybridized carbons (Fsp3) is 0.154. The van der Waals surface area contributed by atoms with Crippen LogP contribution in [-0.4, -0.2) is 28.3 Å². The average Bonchev–Trinajstić information content (AvgIpc) is 2.40. The summed E-state index contributed by atoms with van der Waals surface area (Å²) in [5, 5.41) is 16.9. The number of carboxylic acids is 1. The molecule has 0 aliphatic rings. The third-order valence-electron chi connectivity index (χ3n) is 2.63. The molecule has 98 valence electrons. The molecular weight excluding hydrogens is 266 g/mol. The Kier molecular flexibility index (Phi) is 3.97. The topological polar surface area (TPSA) is 66.3 Å². The van der Waals surface area contributed by atoms with Crippen molar-refractivity contribution in [2.45, 2.75) is 6.54 Å². The Bertz CT molecular complexity index is 569. The zero-order valence-corrected chi connectivity index (χ0v) is 11.0. The van der Waals surface area contributed by atoms with Gasteiger partial charge in [0.05, 0.1) is 5.56 Å². The minimum atomic E-state index is -0.927. The Morgan fingerprint density at radius 2 is 1.89 bits per heavy atom. The van der Waals surface area contributed by atoms with Gasteiger partial charge in [0.15, 0.2) is 11.0 Å². The van der Waals surface area contributed by atoms with E-state index >= 15 is 0 Å². The third-order valence-corrected chi connectivity index (χ3v) is 2.83. The molecular formula is C13H12ClN3O2. The summed E-state index contributed by atoms with van der Waals surface area (Å²) in [6.07, 6.45) is 0. The Hall–Kier alpha value is -2.14. The number of anilines is 1. The van der Waals surface area contributed by atoms with E-state index in [-0.39, 0.29) is 5.56 Å². The summed E-state index contributed by atoms with van der Waals surface area (Å²) in [6, 6.07) is 10.2. The van der Waals surface area contributed by atoms with Crippen molar-refractivity contribution in [3.05, 3.63) is 52.7 Å². The molecule has 0 spiro atoms. The predicted molar refractivity (Wildman–Crippen MR) is 72.6 cm³/mol. The molecule has 5 nitrogen and oxygen atoms in total. The first-order valence-electron chi connectivity index (χ1n) is 5.59. The quantitative estimate of drug-likeness (QED) is 0.930. The summed E-state index contributed by atoms with van der Waals surface area (Å²) in [4.78, 5) is 12.6. The molecule has 0 aliphatic heterocycles. The molecule has 1 heterocycles. The van der Waals surface area contributed by atoms with Gasteiger partial charge >= 0.3 is 5.97 Å². The number of aromatic carboxylic acids is 1. The van der Waals surface area contributed by atoms with Crippen LogP contribution < -0.4 is 4.90 Å². The lowest BCUT2D eigenvalue weighted by Gasteiger charge is -2.17. The van der Waals surface area contributed by atoms with Crippen molar-refractivity contribution in [1.29, 1.82) is 0 Å². The molecule has 0 radical (unpaired) electrons. The lowest BCUT2D eigenvalue weighted by atomic mass is 10.1. The van der Waals surface area contributed by atoms with Crippen molar-refractivity contribution < 1.29 is 9.90 Å². The molecule has 0 amide bonds. The lowest BCUT2D eigenvalue weighted by Crippen LogP contribution is -2.18. The summed E-state index contributed by atoms with van der Waals surface area (Å²) in [6.45, 7) is 0.607. The number of nitrogens with zero attached hydrogens (tertiary/aromatic N) is 3. The number of carbonyl (C=O) groups is 1. The third kappa shape index (κ3) is 3.42. The number of carboxylic acid groups (broad SMARTS) is 1. The van der Waals surface area contributed by atoms with E-state index in [4.69, 9.17) is 16.7 Å². The van der Waals surface area contributed by atoms with E-state index in [0.717, 1.165) is 5.56 Å². The maximum absolute atomic E-state index is 10.7. The van der Waals surface area contributed by atoms with Crippen LogP contribution >= 0.6 is 11.6 Å². The van der Waals surface area contributed by atoms with E-state index in [2.05, 4.69) is 10.2 Å². The minimum absolute atomic E-state index is 0.276. The first kappa shape index (κ1) is 13.3. The van der Waals surface area contributed by atoms with Gasteiger partial charge < -0.3 is 10.0 Å². The fourth-order valence-electron chi connectivity index (χ4n) is 1.62. The molecule has 0 saturated heterocycles. The summed E-state index contributed by atoms with van der Waals surface area (Å²) < 4.78 is 0. The summed E-state index contributed by atoms with van der Waals surface area (Å²) in [7, 11) is 1.88. The van der Waals surface area contributed by atoms with Crippen molar-refractivity contribution in [3.8, 4) is 0 Å². The summed E-state index contributed by atoms with van der Waals surface area (Å²) in [5.74, 6) is -0.227. The van der Waals surface area contributed by atoms with Crippen LogP contribution in [-0.2, 0) is 6.54 Å². The number of hydrogen-bond acceptors (Lipinski definition) is 4. The van der Waals surface area contributed by atoms with Crippen LogP contribution in [0.1, 0.15) is 15.9 Å². The van der Waals surface area contributed by atoms with E-state index in [1.54, 1.807) is 36.4 Å². The molecule has 1 aromatic carbocycles. The van der Waals surface area contributed by atoms with Gasteiger partial charge in [0, 0.05) is 13.6 Å². The standard InChI is InChI=1S/C13H12ClN3O2/c1-17(12-7-6-11(14)15-16-12)8-9-2-4-10(5-3-9)13(18)19/h2-7H,8H2,1H3,(H,18,19). The fourth-order valence-corrected chi connectivity index (χ4v) is 1.72. The lowest BCUT2D eigenvalue weighted by molar-refractivity contribution is 0.0697. The van der Waals surface area contributed by atoms with E-state index in [9.17, 15) is 4.79 Å². The molecule has 0 saturated carbocycles. The largest absolute Gasteiger partial charge is 0.478 e. The molecule has 0 unspecified atom stereocenters. The van der Waals surface area contributed by atoms with Gasteiger partial charge in [-0.15, -0.1) is 10.2 Å². The molecule has 0 aliphatic carbocycles. The molecule has 2 rings (SSSR count). The summed E-state index contributed by atoms with van der Waals surface area (Å²) >= 11 is 5.68. The van der Waals surface area contributed by atoms with Gasteiger partial charge in [0.25, 0.3) is 0 Å². The Balaban J connectivity index is 2.08. The van der Waals surface area contributed by atoms with Gasteiger partial charge in [0.2, 0.25) is 0 Å². The summed E-state index contributed by atoms with van der Waals surface area (Å²) in [5.41, 5.74) is 1.27. The van der Waals surface area contributed by atoms with Crippen LogP contribution in [0.5, 0.6) is 0 Å². The number of aromatic nitrogens is 2. The van der Waals surface area contributed by atoms with Gasteiger partial charge in [-0.1, -0.05) is 23.7 Å². The highest BCUT2D eigenvalue weighted by molar-refractivity contribution is 6.29. The predicted octanol–water partition coefficient (Wildman–Crippen LogP) is 2.46. The second-order valence-electron chi connectivity index (χ2n) is 4.07. The van der Waals surface area contributed by atoms with Crippen LogP contribution in [0.4, 0.5) is 5.82 Å².